The van der Waals surface area contributed by atoms with Gasteiger partial charge in [0.15, 0.2) is 0 Å². The molecule has 0 aliphatic rings. The van der Waals surface area contributed by atoms with Gasteiger partial charge >= 0.3 is 5.97 Å². The van der Waals surface area contributed by atoms with Crippen molar-refractivity contribution in [3.8, 4) is 5.75 Å². The Balaban J connectivity index is 2.66. The molecule has 5 heteroatoms. The Bertz CT molecular complexity index is 655. The van der Waals surface area contributed by atoms with Crippen LogP contribution in [0, 0.1) is 0 Å². The van der Waals surface area contributed by atoms with Gasteiger partial charge in [0.05, 0.1) is 14.2 Å². The van der Waals surface area contributed by atoms with E-state index in [1.54, 1.807) is 48.5 Å². The third-order valence-corrected chi connectivity index (χ3v) is 3.73. The van der Waals surface area contributed by atoms with Crippen LogP contribution in [0.3, 0.4) is 0 Å². The zero-order valence-electron chi connectivity index (χ0n) is 13.4. The van der Waals surface area contributed by atoms with Crippen LogP contribution in [0.5, 0.6) is 5.75 Å². The molecule has 0 amide bonds. The Labute approximate surface area is 135 Å². The van der Waals surface area contributed by atoms with Gasteiger partial charge in [-0.15, -0.1) is 0 Å². The summed E-state index contributed by atoms with van der Waals surface area (Å²) >= 11 is 0. The van der Waals surface area contributed by atoms with Gasteiger partial charge in [0.1, 0.15) is 11.9 Å². The molecular weight excluding hydrogens is 296 g/mol. The summed E-state index contributed by atoms with van der Waals surface area (Å²) in [7, 11) is 4.13. The Morgan fingerprint density at radius 1 is 1.00 bits per heavy atom. The Hall–Kier alpha value is -2.37. The summed E-state index contributed by atoms with van der Waals surface area (Å²) in [6.45, 7) is 0. The zero-order chi connectivity index (χ0) is 16.9. The molecule has 0 unspecified atom stereocenters. The molecule has 122 valence electrons. The lowest BCUT2D eigenvalue weighted by Gasteiger charge is -2.34. The molecule has 0 aliphatic heterocycles. The van der Waals surface area contributed by atoms with Crippen molar-refractivity contribution < 1.29 is 24.1 Å². The number of para-hydroxylation sites is 1. The highest BCUT2D eigenvalue weighted by molar-refractivity contribution is 5.83. The summed E-state index contributed by atoms with van der Waals surface area (Å²) in [5, 5.41) is 11.3. The molecule has 23 heavy (non-hydrogen) atoms. The SMILES string of the molecule is COC(=O)[C@](O)(c1ccccc1OC)[C@@H](OC)c1ccccc1. The van der Waals surface area contributed by atoms with Gasteiger partial charge in [0.2, 0.25) is 5.60 Å². The Kier molecular flexibility index (Phi) is 5.36. The van der Waals surface area contributed by atoms with Gasteiger partial charge in [0.25, 0.3) is 0 Å². The van der Waals surface area contributed by atoms with E-state index in [-0.39, 0.29) is 5.56 Å². The first-order valence-electron chi connectivity index (χ1n) is 7.11. The summed E-state index contributed by atoms with van der Waals surface area (Å²) in [4.78, 5) is 12.5. The molecule has 0 saturated heterocycles. The monoisotopic (exact) mass is 316 g/mol. The summed E-state index contributed by atoms with van der Waals surface area (Å²) in [5.41, 5.74) is -1.11. The highest BCUT2D eigenvalue weighted by Gasteiger charge is 2.50. The van der Waals surface area contributed by atoms with Crippen molar-refractivity contribution >= 4 is 5.97 Å². The van der Waals surface area contributed by atoms with Crippen LogP contribution in [0.15, 0.2) is 54.6 Å². The number of ether oxygens (including phenoxy) is 3. The third kappa shape index (κ3) is 3.06. The lowest BCUT2D eigenvalue weighted by molar-refractivity contribution is -0.182. The topological polar surface area (TPSA) is 65.0 Å². The molecule has 1 N–H and O–H groups in total. The summed E-state index contributed by atoms with van der Waals surface area (Å²) < 4.78 is 15.6. The zero-order valence-corrected chi connectivity index (χ0v) is 13.4. The van der Waals surface area contributed by atoms with E-state index in [0.717, 1.165) is 0 Å². The third-order valence-electron chi connectivity index (χ3n) is 3.73. The Morgan fingerprint density at radius 3 is 2.17 bits per heavy atom. The van der Waals surface area contributed by atoms with Gasteiger partial charge in [-0.1, -0.05) is 48.5 Å². The van der Waals surface area contributed by atoms with E-state index in [0.29, 0.717) is 11.3 Å². The minimum absolute atomic E-state index is 0.282. The number of esters is 1. The molecule has 2 rings (SSSR count). The van der Waals surface area contributed by atoms with Gasteiger partial charge in [-0.2, -0.15) is 0 Å². The maximum atomic E-state index is 12.5. The van der Waals surface area contributed by atoms with Crippen LogP contribution in [0.2, 0.25) is 0 Å². The van der Waals surface area contributed by atoms with Crippen molar-refractivity contribution in [1.29, 1.82) is 0 Å². The molecule has 5 nitrogen and oxygen atoms in total. The molecule has 0 radical (unpaired) electrons. The van der Waals surface area contributed by atoms with Crippen LogP contribution < -0.4 is 4.74 Å². The molecule has 0 aliphatic carbocycles. The fourth-order valence-electron chi connectivity index (χ4n) is 2.65. The second kappa shape index (κ2) is 7.26. The first-order valence-corrected chi connectivity index (χ1v) is 7.11. The molecule has 0 bridgehead atoms. The van der Waals surface area contributed by atoms with Crippen molar-refractivity contribution in [1.82, 2.24) is 0 Å². The van der Waals surface area contributed by atoms with E-state index < -0.39 is 17.7 Å². The first kappa shape index (κ1) is 17.0. The maximum absolute atomic E-state index is 12.5. The molecule has 0 heterocycles. The van der Waals surface area contributed by atoms with E-state index in [2.05, 4.69) is 0 Å². The minimum atomic E-state index is -2.04. The van der Waals surface area contributed by atoms with Crippen molar-refractivity contribution in [2.45, 2.75) is 11.7 Å². The van der Waals surface area contributed by atoms with Crippen molar-refractivity contribution in [3.05, 3.63) is 65.7 Å². The molecule has 2 aromatic carbocycles. The molecule has 2 aromatic rings. The van der Waals surface area contributed by atoms with Crippen LogP contribution in [-0.4, -0.2) is 32.4 Å². The summed E-state index contributed by atoms with van der Waals surface area (Å²) in [5.74, 6) is -0.448. The van der Waals surface area contributed by atoms with Crippen LogP contribution in [0.4, 0.5) is 0 Å². The number of hydrogen-bond acceptors (Lipinski definition) is 5. The lowest BCUT2D eigenvalue weighted by atomic mass is 9.83. The van der Waals surface area contributed by atoms with Crippen LogP contribution >= 0.6 is 0 Å². The van der Waals surface area contributed by atoms with Crippen molar-refractivity contribution in [2.24, 2.45) is 0 Å². The van der Waals surface area contributed by atoms with Crippen molar-refractivity contribution in [3.63, 3.8) is 0 Å². The summed E-state index contributed by atoms with van der Waals surface area (Å²) in [6.07, 6.45) is -0.951. The average Bonchev–Trinajstić information content (AvgIpc) is 2.62. The predicted molar refractivity (Wildman–Crippen MR) is 85.1 cm³/mol. The van der Waals surface area contributed by atoms with E-state index in [1.165, 1.54) is 21.3 Å². The van der Waals surface area contributed by atoms with Crippen LogP contribution in [0.1, 0.15) is 17.2 Å². The standard InChI is InChI=1S/C18H20O5/c1-21-15-12-8-7-11-14(15)18(20,17(19)23-3)16(22-2)13-9-5-4-6-10-13/h4-12,16,20H,1-3H3/t16-,18-/m0/s1. The second-order valence-electron chi connectivity index (χ2n) is 4.98. The largest absolute Gasteiger partial charge is 0.496 e. The first-order chi connectivity index (χ1) is 11.1. The smallest absolute Gasteiger partial charge is 0.345 e. The maximum Gasteiger partial charge on any atom is 0.345 e. The van der Waals surface area contributed by atoms with Gasteiger partial charge in [0, 0.05) is 12.7 Å². The number of hydrogen-bond donors (Lipinski definition) is 1. The number of carbonyl (C=O) groups is 1. The highest BCUT2D eigenvalue weighted by atomic mass is 16.6. The molecule has 0 fully saturated rings. The number of rotatable bonds is 6. The number of methoxy groups -OCH3 is 3. The van der Waals surface area contributed by atoms with Crippen LogP contribution in [-0.2, 0) is 19.9 Å². The Morgan fingerprint density at radius 2 is 1.61 bits per heavy atom. The van der Waals surface area contributed by atoms with E-state index in [9.17, 15) is 9.90 Å². The van der Waals surface area contributed by atoms with Gasteiger partial charge in [-0.3, -0.25) is 0 Å². The van der Waals surface area contributed by atoms with Crippen molar-refractivity contribution in [2.75, 3.05) is 21.3 Å². The lowest BCUT2D eigenvalue weighted by Crippen LogP contribution is -2.43. The van der Waals surface area contributed by atoms with Gasteiger partial charge in [-0.25, -0.2) is 4.79 Å². The van der Waals surface area contributed by atoms with E-state index in [1.807, 2.05) is 6.07 Å². The summed E-state index contributed by atoms with van der Waals surface area (Å²) in [6, 6.07) is 15.8. The average molecular weight is 316 g/mol. The highest BCUT2D eigenvalue weighted by Crippen LogP contribution is 2.42. The van der Waals surface area contributed by atoms with Gasteiger partial charge in [-0.05, 0) is 11.6 Å². The number of benzene rings is 2. The normalized spacial score (nSPS) is 14.6. The molecule has 0 aromatic heterocycles. The fourth-order valence-corrected chi connectivity index (χ4v) is 2.65. The second-order valence-corrected chi connectivity index (χ2v) is 4.98. The molecule has 0 spiro atoms. The number of carbonyl (C=O) groups excluding carboxylic acids is 1. The molecular formula is C18H20O5. The molecule has 0 saturated carbocycles. The van der Waals surface area contributed by atoms with E-state index >= 15 is 0 Å². The quantitative estimate of drug-likeness (QED) is 0.829. The fraction of sp³-hybridized carbons (Fsp3) is 0.278. The van der Waals surface area contributed by atoms with E-state index in [4.69, 9.17) is 14.2 Å². The van der Waals surface area contributed by atoms with Gasteiger partial charge < -0.3 is 19.3 Å². The minimum Gasteiger partial charge on any atom is -0.496 e. The predicted octanol–water partition coefficient (Wildman–Crippen LogP) is 2.44. The van der Waals surface area contributed by atoms with Crippen LogP contribution in [0.25, 0.3) is 0 Å². The molecule has 2 atom stereocenters. The number of aliphatic hydroxyl groups is 1.